The summed E-state index contributed by atoms with van der Waals surface area (Å²) in [7, 11) is 3.01. The van der Waals surface area contributed by atoms with Crippen LogP contribution in [-0.4, -0.2) is 24.7 Å². The molecule has 0 aliphatic carbocycles. The summed E-state index contributed by atoms with van der Waals surface area (Å²) in [5.74, 6) is 0.517. The van der Waals surface area contributed by atoms with Crippen LogP contribution in [0.4, 0.5) is 5.69 Å². The highest BCUT2D eigenvalue weighted by Crippen LogP contribution is 2.36. The van der Waals surface area contributed by atoms with Crippen molar-refractivity contribution < 1.29 is 14.3 Å². The van der Waals surface area contributed by atoms with E-state index in [4.69, 9.17) is 32.7 Å². The summed E-state index contributed by atoms with van der Waals surface area (Å²) in [4.78, 5) is 12.9. The summed E-state index contributed by atoms with van der Waals surface area (Å²) >= 11 is 12.5. The Morgan fingerprint density at radius 1 is 0.893 bits per heavy atom. The lowest BCUT2D eigenvalue weighted by atomic mass is 10.1. The molecule has 7 heteroatoms. The molecule has 0 saturated carbocycles. The van der Waals surface area contributed by atoms with Crippen molar-refractivity contribution in [2.75, 3.05) is 19.5 Å². The fourth-order valence-corrected chi connectivity index (χ4v) is 3.49. The Balaban J connectivity index is 1.98. The molecule has 1 heterocycles. The molecule has 0 saturated heterocycles. The van der Waals surface area contributed by atoms with Crippen molar-refractivity contribution in [2.24, 2.45) is 0 Å². The molecule has 1 aromatic heterocycles. The topological polar surface area (TPSA) is 52.5 Å². The molecule has 5 nitrogen and oxygen atoms in total. The van der Waals surface area contributed by atoms with E-state index >= 15 is 0 Å². The lowest BCUT2D eigenvalue weighted by molar-refractivity contribution is 0.102. The van der Waals surface area contributed by atoms with Gasteiger partial charge in [0, 0.05) is 23.1 Å². The minimum Gasteiger partial charge on any atom is -0.495 e. The Bertz CT molecular complexity index is 1020. The van der Waals surface area contributed by atoms with E-state index in [1.54, 1.807) is 24.3 Å². The van der Waals surface area contributed by atoms with Gasteiger partial charge in [-0.25, -0.2) is 0 Å². The minimum atomic E-state index is -0.367. The normalized spacial score (nSPS) is 10.6. The van der Waals surface area contributed by atoms with Gasteiger partial charge in [0.05, 0.1) is 35.5 Å². The maximum Gasteiger partial charge on any atom is 0.257 e. The number of anilines is 1. The Hall–Kier alpha value is -2.63. The third-order valence-electron chi connectivity index (χ3n) is 4.45. The highest BCUT2D eigenvalue weighted by molar-refractivity contribution is 6.35. The number of rotatable bonds is 5. The third-order valence-corrected chi connectivity index (χ3v) is 5.07. The number of aromatic nitrogens is 1. The van der Waals surface area contributed by atoms with Gasteiger partial charge in [0.15, 0.2) is 0 Å². The second kappa shape index (κ2) is 8.17. The maximum atomic E-state index is 12.9. The lowest BCUT2D eigenvalue weighted by Gasteiger charge is -2.15. The molecule has 1 N–H and O–H groups in total. The predicted molar refractivity (Wildman–Crippen MR) is 113 cm³/mol. The summed E-state index contributed by atoms with van der Waals surface area (Å²) in [5, 5.41) is 3.52. The fraction of sp³-hybridized carbons (Fsp3) is 0.190. The van der Waals surface area contributed by atoms with Crippen molar-refractivity contribution in [3.63, 3.8) is 0 Å². The molecule has 0 unspecified atom stereocenters. The SMILES string of the molecule is COc1cc(OC)c(NC(=O)c2cc(-n3c(C)ccc3C)ccc2Cl)cc1Cl. The number of aryl methyl sites for hydroxylation is 2. The highest BCUT2D eigenvalue weighted by atomic mass is 35.5. The average Bonchev–Trinajstić information content (AvgIpc) is 3.01. The van der Waals surface area contributed by atoms with E-state index in [1.807, 2.05) is 32.0 Å². The number of benzene rings is 2. The van der Waals surface area contributed by atoms with E-state index in [0.29, 0.717) is 32.8 Å². The van der Waals surface area contributed by atoms with Gasteiger partial charge in [0.2, 0.25) is 0 Å². The molecular formula is C21H20Cl2N2O3. The monoisotopic (exact) mass is 418 g/mol. The molecule has 0 atom stereocenters. The van der Waals surface area contributed by atoms with Gasteiger partial charge >= 0.3 is 0 Å². The summed E-state index contributed by atoms with van der Waals surface area (Å²) in [6.45, 7) is 4.01. The van der Waals surface area contributed by atoms with Crippen molar-refractivity contribution >= 4 is 34.8 Å². The summed E-state index contributed by atoms with van der Waals surface area (Å²) in [6, 6.07) is 12.6. The Morgan fingerprint density at radius 3 is 2.14 bits per heavy atom. The van der Waals surface area contributed by atoms with Crippen molar-refractivity contribution in [1.29, 1.82) is 0 Å². The van der Waals surface area contributed by atoms with E-state index in [1.165, 1.54) is 14.2 Å². The number of amides is 1. The zero-order valence-corrected chi connectivity index (χ0v) is 17.5. The number of hydrogen-bond donors (Lipinski definition) is 1. The first-order valence-corrected chi connectivity index (χ1v) is 9.29. The van der Waals surface area contributed by atoms with Gasteiger partial charge in [-0.3, -0.25) is 4.79 Å². The molecule has 0 aliphatic heterocycles. The fourth-order valence-electron chi connectivity index (χ4n) is 3.05. The number of methoxy groups -OCH3 is 2. The molecule has 0 radical (unpaired) electrons. The van der Waals surface area contributed by atoms with E-state index in [2.05, 4.69) is 9.88 Å². The first-order valence-electron chi connectivity index (χ1n) is 8.53. The highest BCUT2D eigenvalue weighted by Gasteiger charge is 2.17. The number of halogens is 2. The van der Waals surface area contributed by atoms with Crippen LogP contribution in [0.25, 0.3) is 5.69 Å². The number of carbonyl (C=O) groups is 1. The first kappa shape index (κ1) is 20.1. The van der Waals surface area contributed by atoms with E-state index in [9.17, 15) is 4.79 Å². The molecule has 2 aromatic carbocycles. The Kier molecular flexibility index (Phi) is 5.87. The second-order valence-corrected chi connectivity index (χ2v) is 7.07. The summed E-state index contributed by atoms with van der Waals surface area (Å²) in [5.41, 5.74) is 3.76. The standard InChI is InChI=1S/C21H20Cl2N2O3/c1-12-5-6-13(2)25(12)14-7-8-16(22)15(9-14)21(26)24-18-10-17(23)19(27-3)11-20(18)28-4/h5-11H,1-4H3,(H,24,26). The van der Waals surface area contributed by atoms with E-state index in [0.717, 1.165) is 17.1 Å². The largest absolute Gasteiger partial charge is 0.495 e. The molecular weight excluding hydrogens is 399 g/mol. The lowest BCUT2D eigenvalue weighted by Crippen LogP contribution is -2.14. The number of ether oxygens (including phenoxy) is 2. The zero-order valence-electron chi connectivity index (χ0n) is 16.0. The smallest absolute Gasteiger partial charge is 0.257 e. The number of nitrogens with one attached hydrogen (secondary N) is 1. The van der Waals surface area contributed by atoms with Crippen LogP contribution in [0.3, 0.4) is 0 Å². The van der Waals surface area contributed by atoms with Gasteiger partial charge in [0.25, 0.3) is 5.91 Å². The Morgan fingerprint density at radius 2 is 1.54 bits per heavy atom. The van der Waals surface area contributed by atoms with Crippen molar-refractivity contribution in [3.05, 3.63) is 69.5 Å². The molecule has 0 bridgehead atoms. The van der Waals surface area contributed by atoms with E-state index in [-0.39, 0.29) is 5.91 Å². The third kappa shape index (κ3) is 3.81. The van der Waals surface area contributed by atoms with Gasteiger partial charge in [-0.15, -0.1) is 0 Å². The van der Waals surface area contributed by atoms with Crippen LogP contribution in [0.2, 0.25) is 10.0 Å². The van der Waals surface area contributed by atoms with Crippen molar-refractivity contribution in [3.8, 4) is 17.2 Å². The van der Waals surface area contributed by atoms with Crippen LogP contribution in [0.15, 0.2) is 42.5 Å². The maximum absolute atomic E-state index is 12.9. The minimum absolute atomic E-state index is 0.348. The van der Waals surface area contributed by atoms with E-state index < -0.39 is 0 Å². The zero-order chi connectivity index (χ0) is 20.4. The summed E-state index contributed by atoms with van der Waals surface area (Å²) < 4.78 is 12.6. The summed E-state index contributed by atoms with van der Waals surface area (Å²) in [6.07, 6.45) is 0. The second-order valence-electron chi connectivity index (χ2n) is 6.26. The molecule has 28 heavy (non-hydrogen) atoms. The first-order chi connectivity index (χ1) is 13.3. The quantitative estimate of drug-likeness (QED) is 0.580. The van der Waals surface area contributed by atoms with Gasteiger partial charge in [-0.05, 0) is 50.2 Å². The average molecular weight is 419 g/mol. The number of nitrogens with zero attached hydrogens (tertiary/aromatic N) is 1. The molecule has 146 valence electrons. The molecule has 0 spiro atoms. The van der Waals surface area contributed by atoms with Crippen LogP contribution in [0, 0.1) is 13.8 Å². The van der Waals surface area contributed by atoms with Crippen LogP contribution >= 0.6 is 23.2 Å². The Labute approximate surface area is 173 Å². The van der Waals surface area contributed by atoms with Crippen molar-refractivity contribution in [1.82, 2.24) is 4.57 Å². The molecule has 0 aliphatic rings. The predicted octanol–water partition coefficient (Wildman–Crippen LogP) is 5.67. The molecule has 3 aromatic rings. The number of hydrogen-bond acceptors (Lipinski definition) is 3. The molecule has 3 rings (SSSR count). The van der Waals surface area contributed by atoms with Gasteiger partial charge in [-0.1, -0.05) is 23.2 Å². The van der Waals surface area contributed by atoms with Crippen molar-refractivity contribution in [2.45, 2.75) is 13.8 Å². The van der Waals surface area contributed by atoms with Crippen LogP contribution in [0.1, 0.15) is 21.7 Å². The van der Waals surface area contributed by atoms with Gasteiger partial charge < -0.3 is 19.4 Å². The number of carbonyl (C=O) groups excluding carboxylic acids is 1. The van der Waals surface area contributed by atoms with Crippen LogP contribution in [-0.2, 0) is 0 Å². The molecule has 0 fully saturated rings. The van der Waals surface area contributed by atoms with Gasteiger partial charge in [0.1, 0.15) is 11.5 Å². The van der Waals surface area contributed by atoms with Crippen LogP contribution in [0.5, 0.6) is 11.5 Å². The van der Waals surface area contributed by atoms with Gasteiger partial charge in [-0.2, -0.15) is 0 Å². The van der Waals surface area contributed by atoms with Crippen LogP contribution < -0.4 is 14.8 Å². The molecule has 1 amide bonds.